The Kier molecular flexibility index (Phi) is 14.6. The number of aromatic nitrogens is 2. The summed E-state index contributed by atoms with van der Waals surface area (Å²) < 4.78 is 19.8. The first-order chi connectivity index (χ1) is 25.4. The van der Waals surface area contributed by atoms with Crippen molar-refractivity contribution in [3.63, 3.8) is 0 Å². The molecule has 0 aliphatic carbocycles. The molecule has 0 N–H and O–H groups in total. The molecule has 1 aromatic carbocycles. The second kappa shape index (κ2) is 19.3. The van der Waals surface area contributed by atoms with E-state index in [2.05, 4.69) is 70.4 Å². The molecule has 0 aliphatic heterocycles. The summed E-state index contributed by atoms with van der Waals surface area (Å²) in [7, 11) is 0. The maximum absolute atomic E-state index is 6.63. The molecule has 52 heavy (non-hydrogen) atoms. The lowest BCUT2D eigenvalue weighted by molar-refractivity contribution is 0.257. The topological polar surface area (TPSA) is 36.3 Å². The predicted molar refractivity (Wildman–Crippen MR) is 233 cm³/mol. The highest BCUT2D eigenvalue weighted by atomic mass is 32.1. The van der Waals surface area contributed by atoms with E-state index in [0.29, 0.717) is 0 Å². The van der Waals surface area contributed by atoms with E-state index in [0.717, 1.165) is 55.2 Å². The summed E-state index contributed by atoms with van der Waals surface area (Å²) >= 11 is 7.68. The van der Waals surface area contributed by atoms with Crippen LogP contribution >= 0.6 is 45.3 Å². The highest BCUT2D eigenvalue weighted by Crippen LogP contribution is 2.49. The number of benzene rings is 1. The second-order valence-corrected chi connectivity index (χ2v) is 19.3. The number of nitrogens with zero attached hydrogens (tertiary/aromatic N) is 2. The zero-order chi connectivity index (χ0) is 36.5. The maximum atomic E-state index is 6.63. The van der Waals surface area contributed by atoms with E-state index in [-0.39, 0.29) is 0 Å². The fourth-order valence-corrected chi connectivity index (χ4v) is 12.0. The third-order valence-corrected chi connectivity index (χ3v) is 15.1. The van der Waals surface area contributed by atoms with Gasteiger partial charge in [-0.15, -0.1) is 45.3 Å². The molecule has 0 aliphatic rings. The number of thiazole rings is 1. The van der Waals surface area contributed by atoms with Crippen LogP contribution in [0.3, 0.4) is 0 Å². The Balaban J connectivity index is 1.32. The van der Waals surface area contributed by atoms with Crippen molar-refractivity contribution in [2.75, 3.05) is 13.2 Å². The van der Waals surface area contributed by atoms with Crippen LogP contribution in [-0.4, -0.2) is 22.8 Å². The first-order valence-electron chi connectivity index (χ1n) is 20.3. The normalized spacial score (nSPS) is 12.0. The number of hydrogen-bond donors (Lipinski definition) is 0. The van der Waals surface area contributed by atoms with Gasteiger partial charge in [0.1, 0.15) is 5.52 Å². The van der Waals surface area contributed by atoms with Gasteiger partial charge in [-0.05, 0) is 70.2 Å². The first kappa shape index (κ1) is 39.3. The van der Waals surface area contributed by atoms with Crippen LogP contribution in [0.2, 0.25) is 0 Å². The highest BCUT2D eigenvalue weighted by molar-refractivity contribution is 7.32. The zero-order valence-corrected chi connectivity index (χ0v) is 35.9. The molecular formula is C44H60N2O2S4. The van der Waals surface area contributed by atoms with Crippen molar-refractivity contribution >= 4 is 76.0 Å². The van der Waals surface area contributed by atoms with E-state index in [1.54, 1.807) is 0 Å². The number of unbranched alkanes of at least 4 members (excludes halogenated alkanes) is 13. The van der Waals surface area contributed by atoms with Crippen LogP contribution in [0.15, 0.2) is 24.3 Å². The number of thiophene rings is 3. The number of ether oxygens (including phenoxy) is 2. The number of aryl methyl sites for hydroxylation is 4. The Hall–Kier alpha value is -2.39. The van der Waals surface area contributed by atoms with Crippen LogP contribution < -0.4 is 9.47 Å². The second-order valence-electron chi connectivity index (χ2n) is 14.6. The van der Waals surface area contributed by atoms with Crippen LogP contribution in [0.4, 0.5) is 0 Å². The van der Waals surface area contributed by atoms with Gasteiger partial charge in [-0.2, -0.15) is 0 Å². The van der Waals surface area contributed by atoms with Crippen molar-refractivity contribution < 1.29 is 9.47 Å². The Morgan fingerprint density at radius 2 is 1.21 bits per heavy atom. The van der Waals surface area contributed by atoms with Crippen LogP contribution in [0.5, 0.6) is 11.5 Å². The lowest BCUT2D eigenvalue weighted by Crippen LogP contribution is -2.06. The molecule has 0 saturated heterocycles. The van der Waals surface area contributed by atoms with Crippen LogP contribution in [0.1, 0.15) is 144 Å². The summed E-state index contributed by atoms with van der Waals surface area (Å²) in [4.78, 5) is 10.6. The van der Waals surface area contributed by atoms with E-state index in [4.69, 9.17) is 14.5 Å². The van der Waals surface area contributed by atoms with Gasteiger partial charge in [-0.25, -0.2) is 4.98 Å². The summed E-state index contributed by atoms with van der Waals surface area (Å²) in [6, 6.07) is 9.36. The van der Waals surface area contributed by atoms with Crippen molar-refractivity contribution in [2.45, 2.75) is 151 Å². The lowest BCUT2D eigenvalue weighted by atomic mass is 10.1. The Morgan fingerprint density at radius 1 is 0.596 bits per heavy atom. The van der Waals surface area contributed by atoms with Crippen molar-refractivity contribution in [3.8, 4) is 26.9 Å². The molecule has 0 bridgehead atoms. The fourth-order valence-electron chi connectivity index (χ4n) is 7.31. The van der Waals surface area contributed by atoms with E-state index in [1.807, 2.05) is 45.3 Å². The third kappa shape index (κ3) is 9.27. The summed E-state index contributed by atoms with van der Waals surface area (Å²) in [5.41, 5.74) is 6.06. The Labute approximate surface area is 328 Å². The van der Waals surface area contributed by atoms with Gasteiger partial charge < -0.3 is 14.0 Å². The number of hydrogen-bond acceptors (Lipinski definition) is 7. The van der Waals surface area contributed by atoms with Gasteiger partial charge >= 0.3 is 0 Å². The van der Waals surface area contributed by atoms with Gasteiger partial charge in [0.2, 0.25) is 0 Å². The van der Waals surface area contributed by atoms with Crippen molar-refractivity contribution in [1.82, 2.24) is 9.55 Å². The van der Waals surface area contributed by atoms with Crippen LogP contribution in [-0.2, 0) is 6.42 Å². The molecular weight excluding hydrogens is 717 g/mol. The van der Waals surface area contributed by atoms with E-state index < -0.39 is 0 Å². The minimum Gasteiger partial charge on any atom is -0.490 e. The summed E-state index contributed by atoms with van der Waals surface area (Å²) in [5.74, 6) is 1.80. The monoisotopic (exact) mass is 776 g/mol. The van der Waals surface area contributed by atoms with Crippen molar-refractivity contribution in [3.05, 3.63) is 44.6 Å². The molecule has 0 spiro atoms. The zero-order valence-electron chi connectivity index (χ0n) is 32.6. The fraction of sp³-hybridized carbons (Fsp3) is 0.568. The smallest absolute Gasteiger partial charge is 0.164 e. The maximum Gasteiger partial charge on any atom is 0.164 e. The van der Waals surface area contributed by atoms with Gasteiger partial charge in [-0.1, -0.05) is 104 Å². The minimum atomic E-state index is 0.723. The van der Waals surface area contributed by atoms with E-state index >= 15 is 0 Å². The van der Waals surface area contributed by atoms with Gasteiger partial charge in [-0.3, -0.25) is 0 Å². The standard InChI is InChI=1S/C44H60N2O2S4/c1-7-10-13-16-18-21-24-47-36-28-33(26-30(4)40(36)48-25-22-19-17-14-11-8-2)46-34-27-31(5)49-42(34)43-35(46)29-37(51-43)44-39-41(32(6)50-44)52-38(45-39)23-20-15-12-9-3/h26-29H,7-25H2,1-6H3. The molecule has 5 heterocycles. The molecule has 0 amide bonds. The summed E-state index contributed by atoms with van der Waals surface area (Å²) in [6.45, 7) is 15.0. The molecule has 282 valence electrons. The summed E-state index contributed by atoms with van der Waals surface area (Å²) in [6.07, 6.45) is 21.2. The average molecular weight is 777 g/mol. The van der Waals surface area contributed by atoms with Gasteiger partial charge in [0.25, 0.3) is 0 Å². The largest absolute Gasteiger partial charge is 0.490 e. The number of fused-ring (bicyclic) bond motifs is 4. The Morgan fingerprint density at radius 3 is 1.92 bits per heavy atom. The molecule has 0 unspecified atom stereocenters. The molecule has 6 rings (SSSR count). The molecule has 5 aromatic heterocycles. The SMILES string of the molecule is CCCCCCCCOc1cc(-n2c3cc(C)sc3c3sc(-c4sc(C)c5sc(CCCCCC)nc45)cc32)cc(C)c1OCCCCCCCC. The highest BCUT2D eigenvalue weighted by Gasteiger charge is 2.23. The number of rotatable bonds is 23. The van der Waals surface area contributed by atoms with Gasteiger partial charge in [0, 0.05) is 20.7 Å². The van der Waals surface area contributed by atoms with Gasteiger partial charge in [0.15, 0.2) is 11.5 Å². The molecule has 0 radical (unpaired) electrons. The van der Waals surface area contributed by atoms with Crippen LogP contribution in [0.25, 0.3) is 46.1 Å². The average Bonchev–Trinajstić information content (AvgIpc) is 3.94. The third-order valence-electron chi connectivity index (χ3n) is 10.1. The van der Waals surface area contributed by atoms with Gasteiger partial charge in [0.05, 0.1) is 53.9 Å². The molecule has 0 atom stereocenters. The molecule has 0 saturated carbocycles. The Bertz CT molecular complexity index is 2020. The van der Waals surface area contributed by atoms with E-state index in [9.17, 15) is 0 Å². The lowest BCUT2D eigenvalue weighted by Gasteiger charge is -2.18. The molecule has 6 aromatic rings. The quantitative estimate of drug-likeness (QED) is 0.0608. The van der Waals surface area contributed by atoms with Crippen LogP contribution in [0, 0.1) is 20.8 Å². The molecule has 8 heteroatoms. The minimum absolute atomic E-state index is 0.723. The van der Waals surface area contributed by atoms with Crippen molar-refractivity contribution in [2.24, 2.45) is 0 Å². The van der Waals surface area contributed by atoms with Crippen molar-refractivity contribution in [1.29, 1.82) is 0 Å². The summed E-state index contributed by atoms with van der Waals surface area (Å²) in [5, 5.41) is 1.29. The predicted octanol–water partition coefficient (Wildman–Crippen LogP) is 15.8. The molecule has 4 nitrogen and oxygen atoms in total. The first-order valence-corrected chi connectivity index (χ1v) is 23.5. The van der Waals surface area contributed by atoms with E-state index in [1.165, 1.54) is 145 Å². The molecule has 0 fully saturated rings.